The van der Waals surface area contributed by atoms with Gasteiger partial charge in [0, 0.05) is 11.1 Å². The van der Waals surface area contributed by atoms with Gasteiger partial charge in [0.15, 0.2) is 0 Å². The van der Waals surface area contributed by atoms with Crippen molar-refractivity contribution in [2.75, 3.05) is 13.2 Å². The van der Waals surface area contributed by atoms with Crippen LogP contribution in [0.4, 0.5) is 0 Å². The number of ether oxygens (including phenoxy) is 2. The molecule has 0 spiro atoms. The first-order valence-corrected chi connectivity index (χ1v) is 9.11. The Kier molecular flexibility index (Phi) is 6.31. The van der Waals surface area contributed by atoms with Gasteiger partial charge in [-0.25, -0.2) is 9.78 Å². The zero-order chi connectivity index (χ0) is 18.4. The Morgan fingerprint density at radius 2 is 1.92 bits per heavy atom. The monoisotopic (exact) mass is 360 g/mol. The van der Waals surface area contributed by atoms with Crippen LogP contribution in [-0.2, 0) is 14.9 Å². The van der Waals surface area contributed by atoms with Crippen LogP contribution in [0, 0.1) is 0 Å². The van der Waals surface area contributed by atoms with Gasteiger partial charge in [0.05, 0.1) is 30.7 Å². The van der Waals surface area contributed by atoms with Gasteiger partial charge in [-0.2, -0.15) is 0 Å². The summed E-state index contributed by atoms with van der Waals surface area (Å²) in [5.41, 5.74) is 0.944. The van der Waals surface area contributed by atoms with Crippen LogP contribution in [0.1, 0.15) is 50.2 Å². The number of hydrogen-bond acceptors (Lipinski definition) is 6. The van der Waals surface area contributed by atoms with E-state index in [0.717, 1.165) is 9.88 Å². The van der Waals surface area contributed by atoms with Crippen LogP contribution in [0.5, 0.6) is 5.75 Å². The van der Waals surface area contributed by atoms with E-state index >= 15 is 0 Å². The van der Waals surface area contributed by atoms with Crippen molar-refractivity contribution in [1.82, 2.24) is 9.97 Å². The zero-order valence-electron chi connectivity index (χ0n) is 15.3. The quantitative estimate of drug-likeness (QED) is 0.566. The van der Waals surface area contributed by atoms with Crippen molar-refractivity contribution in [3.05, 3.63) is 40.1 Å². The second kappa shape index (κ2) is 8.25. The Bertz CT molecular complexity index is 743. The Labute approximate surface area is 152 Å². The topological polar surface area (TPSA) is 61.3 Å². The highest BCUT2D eigenvalue weighted by Gasteiger charge is 2.19. The number of esters is 1. The first-order valence-electron chi connectivity index (χ1n) is 8.29. The summed E-state index contributed by atoms with van der Waals surface area (Å²) in [5.74, 6) is 0.255. The molecule has 0 unspecified atom stereocenters. The summed E-state index contributed by atoms with van der Waals surface area (Å²) < 4.78 is 10.6. The number of aromatic nitrogens is 2. The first kappa shape index (κ1) is 19.1. The van der Waals surface area contributed by atoms with Crippen LogP contribution in [0.3, 0.4) is 0 Å². The molecule has 0 N–H and O–H groups in total. The Morgan fingerprint density at radius 3 is 2.44 bits per heavy atom. The molecule has 6 heteroatoms. The summed E-state index contributed by atoms with van der Waals surface area (Å²) in [6.45, 7) is 11.0. The molecule has 2 aromatic rings. The minimum absolute atomic E-state index is 0.0191. The minimum atomic E-state index is -0.410. The van der Waals surface area contributed by atoms with Crippen molar-refractivity contribution >= 4 is 29.0 Å². The highest BCUT2D eigenvalue weighted by molar-refractivity contribution is 7.12. The average Bonchev–Trinajstić information content (AvgIpc) is 3.03. The summed E-state index contributed by atoms with van der Waals surface area (Å²) >= 11 is 1.56. The maximum atomic E-state index is 12.4. The fourth-order valence-corrected chi connectivity index (χ4v) is 2.98. The van der Waals surface area contributed by atoms with E-state index in [9.17, 15) is 4.79 Å². The van der Waals surface area contributed by atoms with Crippen molar-refractivity contribution in [3.8, 4) is 5.75 Å². The minimum Gasteiger partial charge on any atom is -0.492 e. The van der Waals surface area contributed by atoms with Crippen molar-refractivity contribution in [2.45, 2.75) is 40.0 Å². The molecular weight excluding hydrogens is 336 g/mol. The van der Waals surface area contributed by atoms with Crippen molar-refractivity contribution < 1.29 is 14.3 Å². The van der Waals surface area contributed by atoms with E-state index in [-0.39, 0.29) is 5.41 Å². The molecule has 0 saturated heterocycles. The van der Waals surface area contributed by atoms with Gasteiger partial charge in [-0.1, -0.05) is 20.8 Å². The standard InChI is InChI=1S/C19H24N2O3S/c1-6-23-13-8-9-15(20-11-13)14(18(22)24-7-2)10-17-21-12-16(25-17)19(3,4)5/h8-12H,6-7H2,1-5H3. The summed E-state index contributed by atoms with van der Waals surface area (Å²) in [6.07, 6.45) is 5.19. The van der Waals surface area contributed by atoms with Crippen molar-refractivity contribution in [2.24, 2.45) is 0 Å². The second-order valence-corrected chi connectivity index (χ2v) is 7.47. The van der Waals surface area contributed by atoms with Gasteiger partial charge in [0.25, 0.3) is 0 Å². The molecule has 0 amide bonds. The van der Waals surface area contributed by atoms with Crippen LogP contribution in [0.25, 0.3) is 11.6 Å². The summed E-state index contributed by atoms with van der Waals surface area (Å²) in [5, 5.41) is 0.753. The van der Waals surface area contributed by atoms with Gasteiger partial charge in [0.2, 0.25) is 0 Å². The van der Waals surface area contributed by atoms with E-state index in [1.165, 1.54) is 0 Å². The number of nitrogens with zero attached hydrogens (tertiary/aromatic N) is 2. The highest BCUT2D eigenvalue weighted by atomic mass is 32.1. The van der Waals surface area contributed by atoms with Gasteiger partial charge >= 0.3 is 5.97 Å². The summed E-state index contributed by atoms with van der Waals surface area (Å²) in [6, 6.07) is 3.55. The van der Waals surface area contributed by atoms with Gasteiger partial charge in [-0.3, -0.25) is 4.98 Å². The van der Waals surface area contributed by atoms with E-state index < -0.39 is 5.97 Å². The SMILES string of the molecule is CCOC(=O)C(=Cc1ncc(C(C)(C)C)s1)c1ccc(OCC)cn1. The number of thiazole rings is 1. The fourth-order valence-electron chi connectivity index (χ4n) is 2.06. The molecule has 0 bridgehead atoms. The van der Waals surface area contributed by atoms with Crippen LogP contribution >= 0.6 is 11.3 Å². The first-order chi connectivity index (χ1) is 11.8. The molecule has 0 aliphatic carbocycles. The number of pyridine rings is 1. The largest absolute Gasteiger partial charge is 0.492 e. The second-order valence-electron chi connectivity index (χ2n) is 6.40. The lowest BCUT2D eigenvalue weighted by Gasteiger charge is -2.14. The average molecular weight is 360 g/mol. The highest BCUT2D eigenvalue weighted by Crippen LogP contribution is 2.30. The molecule has 2 heterocycles. The molecule has 25 heavy (non-hydrogen) atoms. The van der Waals surface area contributed by atoms with Crippen molar-refractivity contribution in [1.29, 1.82) is 0 Å². The molecule has 2 rings (SSSR count). The molecule has 0 aromatic carbocycles. The maximum Gasteiger partial charge on any atom is 0.340 e. The molecule has 0 saturated carbocycles. The predicted molar refractivity (Wildman–Crippen MR) is 101 cm³/mol. The third-order valence-corrected chi connectivity index (χ3v) is 4.72. The Balaban J connectivity index is 2.38. The van der Waals surface area contributed by atoms with E-state index in [4.69, 9.17) is 9.47 Å². The van der Waals surface area contributed by atoms with E-state index in [1.54, 1.807) is 42.7 Å². The van der Waals surface area contributed by atoms with E-state index in [2.05, 4.69) is 30.7 Å². The third kappa shape index (κ3) is 5.13. The fraction of sp³-hybridized carbons (Fsp3) is 0.421. The van der Waals surface area contributed by atoms with Crippen LogP contribution in [0.15, 0.2) is 24.5 Å². The summed E-state index contributed by atoms with van der Waals surface area (Å²) in [7, 11) is 0. The molecule has 0 aliphatic rings. The lowest BCUT2D eigenvalue weighted by Crippen LogP contribution is -2.08. The molecule has 134 valence electrons. The van der Waals surface area contributed by atoms with Crippen LogP contribution in [-0.4, -0.2) is 29.2 Å². The molecule has 0 fully saturated rings. The zero-order valence-corrected chi connectivity index (χ0v) is 16.1. The van der Waals surface area contributed by atoms with E-state index in [0.29, 0.717) is 30.2 Å². The molecule has 5 nitrogen and oxygen atoms in total. The molecule has 0 aliphatic heterocycles. The molecule has 0 atom stereocenters. The van der Waals surface area contributed by atoms with Gasteiger partial charge < -0.3 is 9.47 Å². The van der Waals surface area contributed by atoms with Gasteiger partial charge in [-0.15, -0.1) is 11.3 Å². The Morgan fingerprint density at radius 1 is 1.16 bits per heavy atom. The molecular formula is C19H24N2O3S. The smallest absolute Gasteiger partial charge is 0.340 e. The maximum absolute atomic E-state index is 12.4. The van der Waals surface area contributed by atoms with Crippen LogP contribution < -0.4 is 4.74 Å². The third-order valence-electron chi connectivity index (χ3n) is 3.35. The van der Waals surface area contributed by atoms with Gasteiger partial charge in [0.1, 0.15) is 10.8 Å². The Hall–Kier alpha value is -2.21. The number of rotatable bonds is 6. The number of carbonyl (C=O) groups excluding carboxylic acids is 1. The summed E-state index contributed by atoms with van der Waals surface area (Å²) in [4.78, 5) is 22.3. The lowest BCUT2D eigenvalue weighted by atomic mass is 9.96. The number of hydrogen-bond donors (Lipinski definition) is 0. The molecule has 2 aromatic heterocycles. The van der Waals surface area contributed by atoms with E-state index in [1.807, 2.05) is 13.1 Å². The normalized spacial score (nSPS) is 12.1. The molecule has 0 radical (unpaired) electrons. The van der Waals surface area contributed by atoms with Crippen LogP contribution in [0.2, 0.25) is 0 Å². The van der Waals surface area contributed by atoms with Gasteiger partial charge in [-0.05, 0) is 37.5 Å². The van der Waals surface area contributed by atoms with Crippen molar-refractivity contribution in [3.63, 3.8) is 0 Å². The lowest BCUT2D eigenvalue weighted by molar-refractivity contribution is -0.136. The predicted octanol–water partition coefficient (Wildman–Crippen LogP) is 4.34. The number of carbonyl (C=O) groups is 1.